The summed E-state index contributed by atoms with van der Waals surface area (Å²) in [6, 6.07) is 5.12. The number of hydrogen-bond donors (Lipinski definition) is 0. The summed E-state index contributed by atoms with van der Waals surface area (Å²) < 4.78 is 4.87. The van der Waals surface area contributed by atoms with Gasteiger partial charge in [0.05, 0.1) is 4.92 Å². The molecule has 0 saturated carbocycles. The van der Waals surface area contributed by atoms with Gasteiger partial charge in [0.1, 0.15) is 5.75 Å². The molecule has 7 heteroatoms. The fourth-order valence-corrected chi connectivity index (χ4v) is 0.960. The van der Waals surface area contributed by atoms with E-state index in [0.29, 0.717) is 0 Å². The van der Waals surface area contributed by atoms with Gasteiger partial charge >= 0.3 is 0 Å². The Kier molecular flexibility index (Phi) is 3.88. The van der Waals surface area contributed by atoms with Gasteiger partial charge in [0.15, 0.2) is 0 Å². The monoisotopic (exact) mass is 249 g/mol. The first-order valence-electron chi connectivity index (χ1n) is 3.75. The van der Waals surface area contributed by atoms with E-state index in [4.69, 9.17) is 27.9 Å². The summed E-state index contributed by atoms with van der Waals surface area (Å²) in [5.41, 5.74) is -1.38. The van der Waals surface area contributed by atoms with Crippen molar-refractivity contribution in [2.75, 3.05) is 0 Å². The molecule has 0 spiro atoms. The molecule has 1 unspecified atom stereocenters. The van der Waals surface area contributed by atoms with Crippen LogP contribution in [-0.4, -0.2) is 15.7 Å². The largest absolute Gasteiger partial charge is 0.466 e. The van der Waals surface area contributed by atoms with E-state index in [9.17, 15) is 14.9 Å². The number of carbonyl (C=O) groups is 1. The standard InChI is InChI=1S/C8H5Cl2NO4/c9-7(12)8(10)15-6-3-1-5(2-4-6)11(13)14/h1-4,8H. The molecule has 0 heterocycles. The van der Waals surface area contributed by atoms with Gasteiger partial charge in [-0.05, 0) is 23.7 Å². The number of nitro benzene ring substituents is 1. The van der Waals surface area contributed by atoms with Crippen LogP contribution in [0.25, 0.3) is 0 Å². The summed E-state index contributed by atoms with van der Waals surface area (Å²) in [5, 5.41) is 9.45. The number of nitro groups is 1. The molecule has 0 fully saturated rings. The second-order valence-corrected chi connectivity index (χ2v) is 3.26. The molecular weight excluding hydrogens is 245 g/mol. The van der Waals surface area contributed by atoms with Crippen molar-refractivity contribution < 1.29 is 14.5 Å². The number of hydrogen-bond acceptors (Lipinski definition) is 4. The van der Waals surface area contributed by atoms with E-state index in [0.717, 1.165) is 0 Å². The molecule has 0 saturated heterocycles. The number of non-ortho nitro benzene ring substituents is 1. The van der Waals surface area contributed by atoms with Crippen LogP contribution in [0.3, 0.4) is 0 Å². The Hall–Kier alpha value is -1.33. The maximum absolute atomic E-state index is 10.5. The van der Waals surface area contributed by atoms with E-state index >= 15 is 0 Å². The third-order valence-corrected chi connectivity index (χ3v) is 2.06. The summed E-state index contributed by atoms with van der Waals surface area (Å²) in [6.45, 7) is 0. The van der Waals surface area contributed by atoms with Crippen molar-refractivity contribution in [1.29, 1.82) is 0 Å². The SMILES string of the molecule is O=C(Cl)C(Cl)Oc1ccc([N+](=O)[O-])cc1. The van der Waals surface area contributed by atoms with Crippen LogP contribution in [0.4, 0.5) is 5.69 Å². The average molecular weight is 250 g/mol. The lowest BCUT2D eigenvalue weighted by Gasteiger charge is -2.07. The van der Waals surface area contributed by atoms with Crippen LogP contribution in [0.15, 0.2) is 24.3 Å². The second-order valence-electron chi connectivity index (χ2n) is 2.49. The van der Waals surface area contributed by atoms with Crippen LogP contribution < -0.4 is 4.74 Å². The van der Waals surface area contributed by atoms with Gasteiger partial charge in [-0.25, -0.2) is 0 Å². The van der Waals surface area contributed by atoms with E-state index in [1.165, 1.54) is 24.3 Å². The smallest absolute Gasteiger partial charge is 0.278 e. The molecule has 0 amide bonds. The van der Waals surface area contributed by atoms with Gasteiger partial charge in [-0.2, -0.15) is 0 Å². The minimum Gasteiger partial charge on any atom is -0.466 e. The molecule has 0 aliphatic carbocycles. The minimum absolute atomic E-state index is 0.0781. The van der Waals surface area contributed by atoms with E-state index in [1.807, 2.05) is 0 Å². The molecule has 0 radical (unpaired) electrons. The quantitative estimate of drug-likeness (QED) is 0.356. The molecule has 1 rings (SSSR count). The van der Waals surface area contributed by atoms with Gasteiger partial charge in [0, 0.05) is 12.1 Å². The fourth-order valence-electron chi connectivity index (χ4n) is 0.812. The Morgan fingerprint density at radius 2 is 1.93 bits per heavy atom. The molecule has 0 bridgehead atoms. The third-order valence-electron chi connectivity index (χ3n) is 1.47. The molecule has 1 atom stereocenters. The van der Waals surface area contributed by atoms with Gasteiger partial charge in [-0.1, -0.05) is 11.6 Å². The number of alkyl halides is 1. The van der Waals surface area contributed by atoms with Crippen LogP contribution in [0.5, 0.6) is 5.75 Å². The highest BCUT2D eigenvalue weighted by molar-refractivity contribution is 6.68. The summed E-state index contributed by atoms with van der Waals surface area (Å²) >= 11 is 10.5. The number of ether oxygens (including phenoxy) is 1. The van der Waals surface area contributed by atoms with Gasteiger partial charge in [-0.15, -0.1) is 0 Å². The number of benzene rings is 1. The highest BCUT2D eigenvalue weighted by Crippen LogP contribution is 2.19. The normalized spacial score (nSPS) is 11.9. The van der Waals surface area contributed by atoms with Crippen molar-refractivity contribution in [2.24, 2.45) is 0 Å². The number of nitrogens with zero attached hydrogens (tertiary/aromatic N) is 1. The molecule has 5 nitrogen and oxygen atoms in total. The molecule has 0 aromatic heterocycles. The van der Waals surface area contributed by atoms with Gasteiger partial charge in [-0.3, -0.25) is 14.9 Å². The summed E-state index contributed by atoms with van der Waals surface area (Å²) in [4.78, 5) is 20.3. The van der Waals surface area contributed by atoms with E-state index in [2.05, 4.69) is 0 Å². The fraction of sp³-hybridized carbons (Fsp3) is 0.125. The third kappa shape index (κ3) is 3.38. The lowest BCUT2D eigenvalue weighted by Crippen LogP contribution is -2.15. The number of halogens is 2. The Balaban J connectivity index is 2.72. The second kappa shape index (κ2) is 4.95. The van der Waals surface area contributed by atoms with Crippen molar-refractivity contribution in [3.8, 4) is 5.75 Å². The first kappa shape index (κ1) is 11.7. The first-order valence-corrected chi connectivity index (χ1v) is 4.56. The van der Waals surface area contributed by atoms with Gasteiger partial charge < -0.3 is 4.74 Å². The highest BCUT2D eigenvalue weighted by Gasteiger charge is 2.14. The zero-order chi connectivity index (χ0) is 11.4. The molecule has 1 aromatic rings. The number of carbonyl (C=O) groups excluding carboxylic acids is 1. The predicted octanol–water partition coefficient (Wildman–Crippen LogP) is 2.30. The molecular formula is C8H5Cl2NO4. The topological polar surface area (TPSA) is 69.4 Å². The van der Waals surface area contributed by atoms with Crippen LogP contribution >= 0.6 is 23.2 Å². The van der Waals surface area contributed by atoms with Crippen LogP contribution in [0.1, 0.15) is 0 Å². The van der Waals surface area contributed by atoms with Crippen molar-refractivity contribution in [2.45, 2.75) is 5.56 Å². The molecule has 15 heavy (non-hydrogen) atoms. The summed E-state index contributed by atoms with van der Waals surface area (Å²) in [6.07, 6.45) is 0. The maximum Gasteiger partial charge on any atom is 0.278 e. The van der Waals surface area contributed by atoms with E-state index in [-0.39, 0.29) is 11.4 Å². The van der Waals surface area contributed by atoms with Crippen molar-refractivity contribution in [3.05, 3.63) is 34.4 Å². The van der Waals surface area contributed by atoms with E-state index in [1.54, 1.807) is 0 Å². The minimum atomic E-state index is -1.30. The highest BCUT2D eigenvalue weighted by atomic mass is 35.5. The molecule has 0 aliphatic heterocycles. The molecule has 80 valence electrons. The zero-order valence-corrected chi connectivity index (χ0v) is 8.73. The Morgan fingerprint density at radius 3 is 2.33 bits per heavy atom. The Bertz CT molecular complexity index is 379. The van der Waals surface area contributed by atoms with Crippen LogP contribution in [-0.2, 0) is 4.79 Å². The Morgan fingerprint density at radius 1 is 1.40 bits per heavy atom. The molecule has 0 aliphatic rings. The lowest BCUT2D eigenvalue weighted by atomic mass is 10.3. The van der Waals surface area contributed by atoms with Gasteiger partial charge in [0.25, 0.3) is 10.9 Å². The Labute approximate surface area is 94.7 Å². The molecule has 0 N–H and O–H groups in total. The van der Waals surface area contributed by atoms with Crippen molar-refractivity contribution in [1.82, 2.24) is 0 Å². The first-order chi connectivity index (χ1) is 7.00. The van der Waals surface area contributed by atoms with Crippen LogP contribution in [0.2, 0.25) is 0 Å². The summed E-state index contributed by atoms with van der Waals surface area (Å²) in [5.74, 6) is 0.231. The maximum atomic E-state index is 10.5. The van der Waals surface area contributed by atoms with Crippen LogP contribution in [0, 0.1) is 10.1 Å². The van der Waals surface area contributed by atoms with Crippen molar-refractivity contribution >= 4 is 34.1 Å². The lowest BCUT2D eigenvalue weighted by molar-refractivity contribution is -0.384. The zero-order valence-electron chi connectivity index (χ0n) is 7.22. The predicted molar refractivity (Wildman–Crippen MR) is 54.2 cm³/mol. The van der Waals surface area contributed by atoms with E-state index < -0.39 is 15.7 Å². The molecule has 1 aromatic carbocycles. The average Bonchev–Trinajstić information content (AvgIpc) is 2.18. The van der Waals surface area contributed by atoms with Crippen molar-refractivity contribution in [3.63, 3.8) is 0 Å². The van der Waals surface area contributed by atoms with Gasteiger partial charge in [0.2, 0.25) is 5.56 Å². The summed E-state index contributed by atoms with van der Waals surface area (Å²) in [7, 11) is 0. The number of rotatable bonds is 4.